The van der Waals surface area contributed by atoms with Gasteiger partial charge in [-0.15, -0.1) is 0 Å². The Hall–Kier alpha value is -1.52. The molecule has 1 amide bonds. The number of carbonyl (C=O) groups excluding carboxylic acids is 1. The molecular weight excluding hydrogens is 156 g/mol. The summed E-state index contributed by atoms with van der Waals surface area (Å²) < 4.78 is 1.73. The van der Waals surface area contributed by atoms with Gasteiger partial charge in [-0.1, -0.05) is 0 Å². The molecule has 5 nitrogen and oxygen atoms in total. The van der Waals surface area contributed by atoms with Gasteiger partial charge < -0.3 is 15.6 Å². The number of aryl methyl sites for hydroxylation is 1. The van der Waals surface area contributed by atoms with Crippen LogP contribution >= 0.6 is 0 Å². The van der Waals surface area contributed by atoms with Crippen molar-refractivity contribution in [3.63, 3.8) is 0 Å². The number of primary amides is 1. The van der Waals surface area contributed by atoms with Gasteiger partial charge >= 0.3 is 0 Å². The van der Waals surface area contributed by atoms with Gasteiger partial charge in [0.1, 0.15) is 5.82 Å². The van der Waals surface area contributed by atoms with Crippen molar-refractivity contribution in [2.75, 3.05) is 11.9 Å². The molecule has 0 aromatic carbocycles. The Morgan fingerprint density at radius 1 is 1.83 bits per heavy atom. The Bertz CT molecular complexity index is 292. The molecule has 66 valence electrons. The maximum atomic E-state index is 10.8. The highest BCUT2D eigenvalue weighted by atomic mass is 16.1. The number of nitrogens with zero attached hydrogens (tertiary/aromatic N) is 2. The second-order valence-electron chi connectivity index (χ2n) is 2.45. The first-order valence-corrected chi connectivity index (χ1v) is 3.71. The van der Waals surface area contributed by atoms with E-state index in [2.05, 4.69) is 10.3 Å². The zero-order chi connectivity index (χ0) is 9.14. The zero-order valence-electron chi connectivity index (χ0n) is 7.16. The van der Waals surface area contributed by atoms with Crippen molar-refractivity contribution < 1.29 is 4.79 Å². The summed E-state index contributed by atoms with van der Waals surface area (Å²) in [5, 5.41) is 3.01. The largest absolute Gasteiger partial charge is 0.370 e. The van der Waals surface area contributed by atoms with E-state index in [4.69, 9.17) is 5.73 Å². The lowest BCUT2D eigenvalue weighted by Gasteiger charge is -2.04. The molecule has 0 aliphatic carbocycles. The molecule has 3 N–H and O–H groups in total. The third-order valence-electron chi connectivity index (χ3n) is 1.51. The van der Waals surface area contributed by atoms with Crippen LogP contribution in [0.1, 0.15) is 17.4 Å². The molecule has 1 rings (SSSR count). The van der Waals surface area contributed by atoms with Crippen LogP contribution in [0.5, 0.6) is 0 Å². The van der Waals surface area contributed by atoms with Crippen LogP contribution in [0.3, 0.4) is 0 Å². The lowest BCUT2D eigenvalue weighted by atomic mass is 10.4. The van der Waals surface area contributed by atoms with Crippen LogP contribution in [0, 0.1) is 0 Å². The number of aromatic nitrogens is 2. The van der Waals surface area contributed by atoms with Gasteiger partial charge in [-0.2, -0.15) is 0 Å². The average Bonchev–Trinajstić information content (AvgIpc) is 2.34. The molecule has 1 aromatic rings. The summed E-state index contributed by atoms with van der Waals surface area (Å²) in [5.41, 5.74) is 5.39. The van der Waals surface area contributed by atoms with E-state index in [1.165, 1.54) is 0 Å². The van der Waals surface area contributed by atoms with Crippen molar-refractivity contribution in [3.8, 4) is 0 Å². The van der Waals surface area contributed by atoms with E-state index in [0.29, 0.717) is 11.5 Å². The number of hydrogen-bond donors (Lipinski definition) is 2. The first-order valence-electron chi connectivity index (χ1n) is 3.71. The highest BCUT2D eigenvalue weighted by Gasteiger charge is 2.12. The quantitative estimate of drug-likeness (QED) is 0.664. The Balaban J connectivity index is 3.03. The molecule has 0 saturated heterocycles. The number of nitrogens with two attached hydrogens (primary N) is 1. The molecule has 0 saturated carbocycles. The predicted molar refractivity (Wildman–Crippen MR) is 45.9 cm³/mol. The Kier molecular flexibility index (Phi) is 2.32. The Morgan fingerprint density at radius 2 is 2.50 bits per heavy atom. The lowest BCUT2D eigenvalue weighted by molar-refractivity contribution is 0.0997. The maximum absolute atomic E-state index is 10.8. The molecule has 0 spiro atoms. The second-order valence-corrected chi connectivity index (χ2v) is 2.45. The molecule has 0 bridgehead atoms. The minimum absolute atomic E-state index is 0.291. The molecule has 1 aromatic heterocycles. The molecule has 0 aliphatic heterocycles. The average molecular weight is 168 g/mol. The normalized spacial score (nSPS) is 9.83. The fourth-order valence-electron chi connectivity index (χ4n) is 0.986. The number of anilines is 1. The number of hydrogen-bond acceptors (Lipinski definition) is 3. The van der Waals surface area contributed by atoms with Gasteiger partial charge in [0, 0.05) is 13.6 Å². The third-order valence-corrected chi connectivity index (χ3v) is 1.51. The SMILES string of the molecule is CCNc1c(C(N)=O)ncn1C. The third kappa shape index (κ3) is 1.39. The van der Waals surface area contributed by atoms with Crippen molar-refractivity contribution in [2.24, 2.45) is 12.8 Å². The molecule has 12 heavy (non-hydrogen) atoms. The van der Waals surface area contributed by atoms with E-state index in [1.54, 1.807) is 17.9 Å². The van der Waals surface area contributed by atoms with Crippen LogP contribution in [0.2, 0.25) is 0 Å². The minimum atomic E-state index is -0.508. The summed E-state index contributed by atoms with van der Waals surface area (Å²) in [7, 11) is 1.80. The van der Waals surface area contributed by atoms with E-state index >= 15 is 0 Å². The summed E-state index contributed by atoms with van der Waals surface area (Å²) in [4.78, 5) is 14.7. The number of carbonyl (C=O) groups is 1. The van der Waals surface area contributed by atoms with Gasteiger partial charge in [-0.25, -0.2) is 4.98 Å². The summed E-state index contributed by atoms with van der Waals surface area (Å²) in [6.07, 6.45) is 1.55. The zero-order valence-corrected chi connectivity index (χ0v) is 7.16. The molecular formula is C7H12N4O. The van der Waals surface area contributed by atoms with Gasteiger partial charge in [0.05, 0.1) is 6.33 Å². The summed E-state index contributed by atoms with van der Waals surface area (Å²) in [6, 6.07) is 0. The first-order chi connectivity index (χ1) is 5.66. The van der Waals surface area contributed by atoms with Crippen LogP contribution in [-0.4, -0.2) is 22.0 Å². The van der Waals surface area contributed by atoms with Crippen LogP contribution in [-0.2, 0) is 7.05 Å². The number of rotatable bonds is 3. The van der Waals surface area contributed by atoms with Crippen molar-refractivity contribution in [1.29, 1.82) is 0 Å². The van der Waals surface area contributed by atoms with E-state index in [9.17, 15) is 4.79 Å². The van der Waals surface area contributed by atoms with Crippen LogP contribution < -0.4 is 11.1 Å². The molecule has 0 fully saturated rings. The summed E-state index contributed by atoms with van der Waals surface area (Å²) in [5.74, 6) is 0.163. The fourth-order valence-corrected chi connectivity index (χ4v) is 0.986. The van der Waals surface area contributed by atoms with E-state index < -0.39 is 5.91 Å². The van der Waals surface area contributed by atoms with E-state index in [-0.39, 0.29) is 0 Å². The Labute approximate surface area is 70.6 Å². The van der Waals surface area contributed by atoms with Crippen molar-refractivity contribution in [1.82, 2.24) is 9.55 Å². The van der Waals surface area contributed by atoms with Crippen LogP contribution in [0.15, 0.2) is 6.33 Å². The molecule has 0 atom stereocenters. The molecule has 5 heteroatoms. The van der Waals surface area contributed by atoms with Crippen molar-refractivity contribution in [2.45, 2.75) is 6.92 Å². The molecule has 1 heterocycles. The Morgan fingerprint density at radius 3 is 3.00 bits per heavy atom. The van der Waals surface area contributed by atoms with Gasteiger partial charge in [0.15, 0.2) is 5.69 Å². The molecule has 0 aliphatic rings. The smallest absolute Gasteiger partial charge is 0.271 e. The van der Waals surface area contributed by atoms with Crippen LogP contribution in [0.4, 0.5) is 5.82 Å². The second kappa shape index (κ2) is 3.25. The van der Waals surface area contributed by atoms with Gasteiger partial charge in [0.2, 0.25) is 0 Å². The van der Waals surface area contributed by atoms with Crippen molar-refractivity contribution >= 4 is 11.7 Å². The number of imidazole rings is 1. The van der Waals surface area contributed by atoms with E-state index in [0.717, 1.165) is 6.54 Å². The molecule has 0 radical (unpaired) electrons. The summed E-state index contributed by atoms with van der Waals surface area (Å²) >= 11 is 0. The highest BCUT2D eigenvalue weighted by Crippen LogP contribution is 2.10. The highest BCUT2D eigenvalue weighted by molar-refractivity contribution is 5.95. The lowest BCUT2D eigenvalue weighted by Crippen LogP contribution is -2.15. The number of amides is 1. The summed E-state index contributed by atoms with van der Waals surface area (Å²) in [6.45, 7) is 2.68. The predicted octanol–water partition coefficient (Wildman–Crippen LogP) is -0.0492. The van der Waals surface area contributed by atoms with Gasteiger partial charge in [0.25, 0.3) is 5.91 Å². The minimum Gasteiger partial charge on any atom is -0.370 e. The monoisotopic (exact) mass is 168 g/mol. The van der Waals surface area contributed by atoms with Crippen molar-refractivity contribution in [3.05, 3.63) is 12.0 Å². The fraction of sp³-hybridized carbons (Fsp3) is 0.429. The molecule has 0 unspecified atom stereocenters. The number of nitrogens with one attached hydrogen (secondary N) is 1. The van der Waals surface area contributed by atoms with Crippen LogP contribution in [0.25, 0.3) is 0 Å². The topological polar surface area (TPSA) is 72.9 Å². The van der Waals surface area contributed by atoms with E-state index in [1.807, 2.05) is 6.92 Å². The maximum Gasteiger partial charge on any atom is 0.271 e. The standard InChI is InChI=1S/C7H12N4O/c1-3-9-7-5(6(8)12)10-4-11(7)2/h4,9H,3H2,1-2H3,(H2,8,12). The van der Waals surface area contributed by atoms with Gasteiger partial charge in [-0.3, -0.25) is 4.79 Å². The first kappa shape index (κ1) is 8.58. The van der Waals surface area contributed by atoms with Gasteiger partial charge in [-0.05, 0) is 6.92 Å².